The van der Waals surface area contributed by atoms with Crippen LogP contribution in [0.1, 0.15) is 42.5 Å². The quantitative estimate of drug-likeness (QED) is 0.552. The summed E-state index contributed by atoms with van der Waals surface area (Å²) in [4.78, 5) is 13.1. The molecule has 0 aliphatic heterocycles. The second-order valence-corrected chi connectivity index (χ2v) is 6.35. The van der Waals surface area contributed by atoms with Gasteiger partial charge in [0.05, 0.1) is 5.69 Å². The van der Waals surface area contributed by atoms with Gasteiger partial charge in [-0.25, -0.2) is 23.9 Å². The third kappa shape index (κ3) is 4.28. The normalized spacial score (nSPS) is 11.9. The van der Waals surface area contributed by atoms with Crippen LogP contribution in [0.2, 0.25) is 0 Å². The standard InChI is InChI=1S/C19H21FN8/c1-2-4-15-16(23-12-28-19(15)26-18(10-20)27-28)9-13(7-8-21)24-17-6-3-5-14(11-22)25-17/h3,5-6,8,12-13,21H,2,4,7,9-10H2,1H3,(H,24,25). The van der Waals surface area contributed by atoms with Gasteiger partial charge in [-0.1, -0.05) is 19.4 Å². The van der Waals surface area contributed by atoms with Crippen molar-refractivity contribution in [1.29, 1.82) is 10.7 Å². The van der Waals surface area contributed by atoms with Crippen molar-refractivity contribution in [2.24, 2.45) is 0 Å². The molecule has 0 amide bonds. The SMILES string of the molecule is CCCc1c(CC(CC=N)Nc2cccc(C#N)n2)ncn2nc(CF)nc12. The van der Waals surface area contributed by atoms with Crippen LogP contribution in [0.4, 0.5) is 10.2 Å². The number of fused-ring (bicyclic) bond motifs is 1. The molecule has 144 valence electrons. The number of halogens is 1. The van der Waals surface area contributed by atoms with Crippen LogP contribution in [0, 0.1) is 16.7 Å². The van der Waals surface area contributed by atoms with Crippen LogP contribution in [0.15, 0.2) is 24.5 Å². The smallest absolute Gasteiger partial charge is 0.182 e. The monoisotopic (exact) mass is 380 g/mol. The van der Waals surface area contributed by atoms with Crippen molar-refractivity contribution < 1.29 is 4.39 Å². The summed E-state index contributed by atoms with van der Waals surface area (Å²) in [7, 11) is 0. The Bertz CT molecular complexity index is 1010. The number of hydrogen-bond donors (Lipinski definition) is 2. The lowest BCUT2D eigenvalue weighted by Gasteiger charge is -2.19. The van der Waals surface area contributed by atoms with Crippen molar-refractivity contribution in [3.8, 4) is 6.07 Å². The molecule has 3 rings (SSSR count). The number of alkyl halides is 1. The molecule has 0 aliphatic rings. The van der Waals surface area contributed by atoms with Gasteiger partial charge in [0, 0.05) is 24.4 Å². The predicted molar refractivity (Wildman–Crippen MR) is 103 cm³/mol. The van der Waals surface area contributed by atoms with Crippen LogP contribution >= 0.6 is 0 Å². The van der Waals surface area contributed by atoms with Crippen molar-refractivity contribution in [3.05, 3.63) is 47.3 Å². The zero-order valence-electron chi connectivity index (χ0n) is 15.6. The Morgan fingerprint density at radius 1 is 1.39 bits per heavy atom. The largest absolute Gasteiger partial charge is 0.367 e. The summed E-state index contributed by atoms with van der Waals surface area (Å²) < 4.78 is 14.5. The van der Waals surface area contributed by atoms with Crippen LogP contribution in [-0.2, 0) is 19.5 Å². The molecule has 1 unspecified atom stereocenters. The predicted octanol–water partition coefficient (Wildman–Crippen LogP) is 2.88. The van der Waals surface area contributed by atoms with Gasteiger partial charge in [0.2, 0.25) is 0 Å². The summed E-state index contributed by atoms with van der Waals surface area (Å²) in [6.45, 7) is 1.34. The van der Waals surface area contributed by atoms with E-state index in [1.54, 1.807) is 24.5 Å². The lowest BCUT2D eigenvalue weighted by Crippen LogP contribution is -2.25. The van der Waals surface area contributed by atoms with Gasteiger partial charge in [0.25, 0.3) is 0 Å². The molecule has 28 heavy (non-hydrogen) atoms. The maximum absolute atomic E-state index is 13.0. The average Bonchev–Trinajstić information content (AvgIpc) is 3.14. The highest BCUT2D eigenvalue weighted by molar-refractivity contribution is 5.56. The van der Waals surface area contributed by atoms with E-state index < -0.39 is 6.67 Å². The fourth-order valence-electron chi connectivity index (χ4n) is 3.08. The van der Waals surface area contributed by atoms with E-state index in [1.807, 2.05) is 6.07 Å². The summed E-state index contributed by atoms with van der Waals surface area (Å²) in [6.07, 6.45) is 5.53. The number of aromatic nitrogens is 5. The summed E-state index contributed by atoms with van der Waals surface area (Å²) >= 11 is 0. The molecule has 0 radical (unpaired) electrons. The van der Waals surface area contributed by atoms with Gasteiger partial charge in [0.15, 0.2) is 18.1 Å². The van der Waals surface area contributed by atoms with Crippen LogP contribution in [0.3, 0.4) is 0 Å². The number of anilines is 1. The number of aryl methyl sites for hydroxylation is 1. The Kier molecular flexibility index (Phi) is 6.22. The third-order valence-electron chi connectivity index (χ3n) is 4.29. The Balaban J connectivity index is 1.91. The maximum atomic E-state index is 13.0. The highest BCUT2D eigenvalue weighted by Gasteiger charge is 2.18. The lowest BCUT2D eigenvalue weighted by molar-refractivity contribution is 0.465. The molecule has 0 bridgehead atoms. The Hall–Kier alpha value is -3.41. The summed E-state index contributed by atoms with van der Waals surface area (Å²) in [5.74, 6) is 0.717. The van der Waals surface area contributed by atoms with E-state index in [4.69, 9.17) is 10.7 Å². The molecule has 3 aromatic heterocycles. The van der Waals surface area contributed by atoms with E-state index in [2.05, 4.69) is 32.3 Å². The highest BCUT2D eigenvalue weighted by Crippen LogP contribution is 2.19. The number of nitriles is 1. The Morgan fingerprint density at radius 3 is 2.96 bits per heavy atom. The first-order valence-electron chi connectivity index (χ1n) is 9.09. The first-order valence-corrected chi connectivity index (χ1v) is 9.09. The number of pyridine rings is 1. The van der Waals surface area contributed by atoms with Crippen molar-refractivity contribution in [2.75, 3.05) is 5.32 Å². The van der Waals surface area contributed by atoms with Gasteiger partial charge < -0.3 is 10.7 Å². The minimum atomic E-state index is -0.721. The van der Waals surface area contributed by atoms with Crippen molar-refractivity contribution in [3.63, 3.8) is 0 Å². The minimum absolute atomic E-state index is 0.131. The molecule has 0 aliphatic carbocycles. The molecule has 8 nitrogen and oxygen atoms in total. The lowest BCUT2D eigenvalue weighted by atomic mass is 10.0. The molecule has 3 heterocycles. The van der Waals surface area contributed by atoms with Crippen molar-refractivity contribution in [2.45, 2.75) is 45.3 Å². The van der Waals surface area contributed by atoms with Gasteiger partial charge in [-0.3, -0.25) is 0 Å². The minimum Gasteiger partial charge on any atom is -0.367 e. The fraction of sp³-hybridized carbons (Fsp3) is 0.368. The van der Waals surface area contributed by atoms with Crippen molar-refractivity contribution >= 4 is 17.7 Å². The van der Waals surface area contributed by atoms with Crippen LogP contribution in [0.5, 0.6) is 0 Å². The molecule has 3 aromatic rings. The summed E-state index contributed by atoms with van der Waals surface area (Å²) in [5.41, 5.74) is 2.72. The van der Waals surface area contributed by atoms with Gasteiger partial charge in [-0.15, -0.1) is 5.10 Å². The second kappa shape index (κ2) is 8.99. The van der Waals surface area contributed by atoms with E-state index >= 15 is 0 Å². The number of nitrogens with one attached hydrogen (secondary N) is 2. The average molecular weight is 380 g/mol. The molecule has 1 atom stereocenters. The van der Waals surface area contributed by atoms with E-state index in [1.165, 1.54) is 10.7 Å². The van der Waals surface area contributed by atoms with Crippen LogP contribution < -0.4 is 5.32 Å². The molecule has 0 saturated carbocycles. The van der Waals surface area contributed by atoms with Gasteiger partial charge >= 0.3 is 0 Å². The zero-order chi connectivity index (χ0) is 19.9. The second-order valence-electron chi connectivity index (χ2n) is 6.35. The number of rotatable bonds is 9. The first-order chi connectivity index (χ1) is 13.7. The van der Waals surface area contributed by atoms with E-state index in [-0.39, 0.29) is 11.9 Å². The van der Waals surface area contributed by atoms with E-state index in [9.17, 15) is 4.39 Å². The van der Waals surface area contributed by atoms with E-state index in [0.29, 0.717) is 30.0 Å². The topological polar surface area (TPSA) is 116 Å². The molecule has 0 saturated heterocycles. The highest BCUT2D eigenvalue weighted by atomic mass is 19.1. The van der Waals surface area contributed by atoms with E-state index in [0.717, 1.165) is 24.1 Å². The number of nitrogens with zero attached hydrogens (tertiary/aromatic N) is 6. The van der Waals surface area contributed by atoms with Crippen LogP contribution in [0.25, 0.3) is 5.65 Å². The van der Waals surface area contributed by atoms with Gasteiger partial charge in [-0.05, 0) is 24.8 Å². The molecule has 0 spiro atoms. The van der Waals surface area contributed by atoms with Crippen molar-refractivity contribution in [1.82, 2.24) is 24.6 Å². The number of hydrogen-bond acceptors (Lipinski definition) is 7. The first kappa shape index (κ1) is 19.4. The molecular formula is C19H21FN8. The zero-order valence-corrected chi connectivity index (χ0v) is 15.6. The van der Waals surface area contributed by atoms with Crippen LogP contribution in [-0.4, -0.2) is 36.8 Å². The third-order valence-corrected chi connectivity index (χ3v) is 4.29. The molecule has 9 heteroatoms. The van der Waals surface area contributed by atoms with Gasteiger partial charge in [-0.2, -0.15) is 5.26 Å². The summed E-state index contributed by atoms with van der Waals surface area (Å²) in [6, 6.07) is 7.07. The molecule has 2 N–H and O–H groups in total. The molecular weight excluding hydrogens is 359 g/mol. The Labute approximate surface area is 162 Å². The fourth-order valence-corrected chi connectivity index (χ4v) is 3.08. The molecule has 0 aromatic carbocycles. The molecule has 0 fully saturated rings. The summed E-state index contributed by atoms with van der Waals surface area (Å²) in [5, 5.41) is 23.9. The van der Waals surface area contributed by atoms with Gasteiger partial charge in [0.1, 0.15) is 23.9 Å². The maximum Gasteiger partial charge on any atom is 0.182 e. The Morgan fingerprint density at radius 2 is 2.25 bits per heavy atom.